The topological polar surface area (TPSA) is 87.7 Å². The molecule has 1 aliphatic rings. The molecule has 0 aliphatic carbocycles. The number of amides is 3. The Hall–Kier alpha value is -2.95. The Labute approximate surface area is 190 Å². The van der Waals surface area contributed by atoms with Gasteiger partial charge in [0.15, 0.2) is 0 Å². The molecule has 0 spiro atoms. The summed E-state index contributed by atoms with van der Waals surface area (Å²) in [5, 5.41) is 0. The highest BCUT2D eigenvalue weighted by atomic mass is 32.2. The van der Waals surface area contributed by atoms with Crippen LogP contribution in [-0.2, 0) is 14.6 Å². The fourth-order valence-corrected chi connectivity index (χ4v) is 4.72. The van der Waals surface area contributed by atoms with E-state index in [1.54, 1.807) is 38.4 Å². The number of sulfone groups is 1. The number of benzene rings is 1. The maximum atomic E-state index is 13.6. The molecule has 2 heterocycles. The average Bonchev–Trinajstić information content (AvgIpc) is 2.87. The van der Waals surface area contributed by atoms with Crippen molar-refractivity contribution in [1.82, 2.24) is 9.88 Å². The summed E-state index contributed by atoms with van der Waals surface area (Å²) in [6, 6.07) is 5.83. The molecular formula is C22H24F3N3O4S. The van der Waals surface area contributed by atoms with Gasteiger partial charge in [0.25, 0.3) is 15.7 Å². The first-order chi connectivity index (χ1) is 15.0. The summed E-state index contributed by atoms with van der Waals surface area (Å²) >= 11 is 0. The molecule has 0 N–H and O–H groups in total. The molecular weight excluding hydrogens is 459 g/mol. The molecule has 2 aromatic rings. The van der Waals surface area contributed by atoms with Crippen LogP contribution in [0.4, 0.5) is 23.7 Å². The van der Waals surface area contributed by atoms with Crippen LogP contribution in [0.1, 0.15) is 46.2 Å². The van der Waals surface area contributed by atoms with E-state index in [0.29, 0.717) is 0 Å². The summed E-state index contributed by atoms with van der Waals surface area (Å²) < 4.78 is 61.8. The average molecular weight is 484 g/mol. The lowest BCUT2D eigenvalue weighted by Gasteiger charge is -2.43. The van der Waals surface area contributed by atoms with Gasteiger partial charge in [-0.2, -0.15) is 13.2 Å². The quantitative estimate of drug-likeness (QED) is 0.588. The molecule has 0 radical (unpaired) electrons. The van der Waals surface area contributed by atoms with Crippen molar-refractivity contribution in [1.29, 1.82) is 0 Å². The van der Waals surface area contributed by atoms with Crippen molar-refractivity contribution >= 4 is 27.5 Å². The minimum atomic E-state index is -5.55. The lowest BCUT2D eigenvalue weighted by atomic mass is 9.80. The maximum absolute atomic E-state index is 13.6. The molecule has 33 heavy (non-hydrogen) atoms. The number of nitrogens with zero attached hydrogens (tertiary/aromatic N) is 3. The molecule has 1 fully saturated rings. The van der Waals surface area contributed by atoms with Crippen LogP contribution in [0.3, 0.4) is 0 Å². The third-order valence-electron chi connectivity index (χ3n) is 5.54. The fraction of sp³-hybridized carbons (Fsp3) is 0.409. The second-order valence-electron chi connectivity index (χ2n) is 9.34. The zero-order chi connectivity index (χ0) is 25.0. The highest BCUT2D eigenvalue weighted by Gasteiger charge is 2.56. The Morgan fingerprint density at radius 1 is 0.939 bits per heavy atom. The first-order valence-corrected chi connectivity index (χ1v) is 11.5. The van der Waals surface area contributed by atoms with Crippen LogP contribution < -0.4 is 4.90 Å². The molecule has 0 bridgehead atoms. The molecule has 3 rings (SSSR count). The molecule has 1 atom stereocenters. The van der Waals surface area contributed by atoms with Crippen molar-refractivity contribution in [2.75, 3.05) is 4.90 Å². The fourth-order valence-electron chi connectivity index (χ4n) is 3.96. The predicted molar refractivity (Wildman–Crippen MR) is 115 cm³/mol. The van der Waals surface area contributed by atoms with Gasteiger partial charge in [-0.1, -0.05) is 20.8 Å². The molecule has 0 saturated carbocycles. The van der Waals surface area contributed by atoms with E-state index in [4.69, 9.17) is 0 Å². The third-order valence-corrected chi connectivity index (χ3v) is 7.04. The van der Waals surface area contributed by atoms with Crippen LogP contribution in [0.15, 0.2) is 53.7 Å². The van der Waals surface area contributed by atoms with Gasteiger partial charge in [0.1, 0.15) is 5.54 Å². The molecule has 1 aromatic carbocycles. The Bertz CT molecular complexity index is 1170. The molecule has 1 aromatic heterocycles. The number of imide groups is 1. The van der Waals surface area contributed by atoms with Gasteiger partial charge in [-0.15, -0.1) is 0 Å². The minimum Gasteiger partial charge on any atom is -0.302 e. The van der Waals surface area contributed by atoms with Crippen molar-refractivity contribution in [2.45, 2.75) is 56.6 Å². The number of carbonyl (C=O) groups excluding carboxylic acids is 2. The largest absolute Gasteiger partial charge is 0.501 e. The lowest BCUT2D eigenvalue weighted by Crippen LogP contribution is -2.49. The predicted octanol–water partition coefficient (Wildman–Crippen LogP) is 4.71. The van der Waals surface area contributed by atoms with Crippen LogP contribution in [-0.4, -0.2) is 41.3 Å². The van der Waals surface area contributed by atoms with Gasteiger partial charge in [-0.25, -0.2) is 18.1 Å². The van der Waals surface area contributed by atoms with Gasteiger partial charge in [0, 0.05) is 12.4 Å². The number of carbonyl (C=O) groups is 2. The Balaban J connectivity index is 2.07. The third kappa shape index (κ3) is 4.09. The van der Waals surface area contributed by atoms with Gasteiger partial charge < -0.3 is 4.90 Å². The maximum Gasteiger partial charge on any atom is 0.501 e. The van der Waals surface area contributed by atoms with E-state index >= 15 is 0 Å². The van der Waals surface area contributed by atoms with E-state index in [1.807, 2.05) is 20.8 Å². The van der Waals surface area contributed by atoms with E-state index in [9.17, 15) is 31.2 Å². The number of rotatable bonds is 4. The second-order valence-corrected chi connectivity index (χ2v) is 11.3. The zero-order valence-electron chi connectivity index (χ0n) is 18.7. The number of halogens is 3. The van der Waals surface area contributed by atoms with Crippen molar-refractivity contribution in [3.8, 4) is 0 Å². The van der Waals surface area contributed by atoms with Crippen molar-refractivity contribution in [3.05, 3.63) is 54.4 Å². The van der Waals surface area contributed by atoms with Gasteiger partial charge in [-0.05, 0) is 61.2 Å². The van der Waals surface area contributed by atoms with Gasteiger partial charge >= 0.3 is 11.5 Å². The number of hydrogen-bond donors (Lipinski definition) is 0. The van der Waals surface area contributed by atoms with E-state index in [-0.39, 0.29) is 5.69 Å². The van der Waals surface area contributed by atoms with E-state index < -0.39 is 49.2 Å². The number of anilines is 1. The SMILES string of the molecule is CC(C)(C)C(c1ccncc1)N1C(=O)N(c2ccc(S(=O)(=O)C(F)(F)F)cc2)C(=O)C1(C)C. The van der Waals surface area contributed by atoms with Crippen LogP contribution >= 0.6 is 0 Å². The Morgan fingerprint density at radius 3 is 1.91 bits per heavy atom. The minimum absolute atomic E-state index is 0.0240. The van der Waals surface area contributed by atoms with Crippen LogP contribution in [0.5, 0.6) is 0 Å². The standard InChI is InChI=1S/C22H24F3N3O4S/c1-20(2,3)17(14-10-12-26-13-11-14)28-19(30)27(18(29)21(28,4)5)15-6-8-16(9-7-15)33(31,32)22(23,24)25/h6-13,17H,1-5H3. The first-order valence-electron chi connectivity index (χ1n) is 10.0. The molecule has 178 valence electrons. The van der Waals surface area contributed by atoms with E-state index in [0.717, 1.165) is 34.7 Å². The summed E-state index contributed by atoms with van der Waals surface area (Å²) in [6.45, 7) is 8.95. The summed E-state index contributed by atoms with van der Waals surface area (Å²) in [7, 11) is -5.55. The van der Waals surface area contributed by atoms with Gasteiger partial charge in [0.05, 0.1) is 16.6 Å². The molecule has 1 unspecified atom stereocenters. The number of urea groups is 1. The van der Waals surface area contributed by atoms with Crippen molar-refractivity contribution in [2.24, 2.45) is 5.41 Å². The molecule has 7 nitrogen and oxygen atoms in total. The van der Waals surface area contributed by atoms with Crippen molar-refractivity contribution in [3.63, 3.8) is 0 Å². The summed E-state index contributed by atoms with van der Waals surface area (Å²) in [5.41, 5.74) is -6.49. The van der Waals surface area contributed by atoms with Gasteiger partial charge in [0.2, 0.25) is 0 Å². The van der Waals surface area contributed by atoms with Crippen LogP contribution in [0.2, 0.25) is 0 Å². The van der Waals surface area contributed by atoms with Crippen LogP contribution in [0, 0.1) is 5.41 Å². The Morgan fingerprint density at radius 2 is 1.45 bits per heavy atom. The van der Waals surface area contributed by atoms with Crippen molar-refractivity contribution < 1.29 is 31.2 Å². The van der Waals surface area contributed by atoms with Crippen LogP contribution in [0.25, 0.3) is 0 Å². The van der Waals surface area contributed by atoms with Gasteiger partial charge in [-0.3, -0.25) is 9.78 Å². The van der Waals surface area contributed by atoms with E-state index in [2.05, 4.69) is 4.98 Å². The highest BCUT2D eigenvalue weighted by Crippen LogP contribution is 2.46. The summed E-state index contributed by atoms with van der Waals surface area (Å²) in [4.78, 5) is 32.2. The number of aromatic nitrogens is 1. The second kappa shape index (κ2) is 7.82. The highest BCUT2D eigenvalue weighted by molar-refractivity contribution is 7.92. The monoisotopic (exact) mass is 483 g/mol. The number of hydrogen-bond acceptors (Lipinski definition) is 5. The molecule has 11 heteroatoms. The Kier molecular flexibility index (Phi) is 5.85. The summed E-state index contributed by atoms with van der Waals surface area (Å²) in [5.74, 6) is -0.581. The zero-order valence-corrected chi connectivity index (χ0v) is 19.5. The smallest absolute Gasteiger partial charge is 0.302 e. The summed E-state index contributed by atoms with van der Waals surface area (Å²) in [6.07, 6.45) is 3.17. The molecule has 3 amide bonds. The molecule has 1 aliphatic heterocycles. The number of pyridine rings is 1. The molecule has 1 saturated heterocycles. The lowest BCUT2D eigenvalue weighted by molar-refractivity contribution is -0.124. The normalized spacial score (nSPS) is 18.1. The first kappa shape index (κ1) is 24.7. The van der Waals surface area contributed by atoms with E-state index in [1.165, 1.54) is 4.90 Å². The number of alkyl halides is 3.